The van der Waals surface area contributed by atoms with Crippen LogP contribution in [-0.4, -0.2) is 18.7 Å². The Morgan fingerprint density at radius 3 is 2.22 bits per heavy atom. The zero-order valence-corrected chi connectivity index (χ0v) is 13.3. The van der Waals surface area contributed by atoms with Crippen molar-refractivity contribution < 1.29 is 8.42 Å². The average molecular weight is 290 g/mol. The molecule has 0 saturated heterocycles. The number of rotatable bonds is 4. The molecule has 104 valence electrons. The highest BCUT2D eigenvalue weighted by Crippen LogP contribution is 2.30. The molecule has 0 fully saturated rings. The van der Waals surface area contributed by atoms with Gasteiger partial charge in [0.25, 0.3) is 0 Å². The second-order valence-electron chi connectivity index (χ2n) is 5.69. The van der Waals surface area contributed by atoms with Crippen molar-refractivity contribution in [3.63, 3.8) is 0 Å². The minimum atomic E-state index is -3.10. The van der Waals surface area contributed by atoms with Gasteiger partial charge in [0.1, 0.15) is 10.8 Å². The van der Waals surface area contributed by atoms with Gasteiger partial charge in [0.15, 0.2) is 9.84 Å². The number of hydrogen-bond donors (Lipinski definition) is 1. The molecule has 2 N–H and O–H groups in total. The van der Waals surface area contributed by atoms with Gasteiger partial charge in [-0.1, -0.05) is 20.8 Å². The van der Waals surface area contributed by atoms with Crippen LogP contribution in [-0.2, 0) is 27.5 Å². The first-order chi connectivity index (χ1) is 8.08. The van der Waals surface area contributed by atoms with Crippen molar-refractivity contribution in [3.05, 3.63) is 15.6 Å². The SMILES string of the molecule is CC(C)S(=O)(=O)Cc1nc(C(C)(C)C)c(CN)s1. The Hall–Kier alpha value is -0.460. The summed E-state index contributed by atoms with van der Waals surface area (Å²) in [6, 6.07) is 0. The van der Waals surface area contributed by atoms with Gasteiger partial charge in [-0.25, -0.2) is 13.4 Å². The molecule has 0 amide bonds. The predicted octanol–water partition coefficient (Wildman–Crippen LogP) is 2.22. The third-order valence-corrected chi connectivity index (χ3v) is 6.05. The minimum Gasteiger partial charge on any atom is -0.326 e. The maximum absolute atomic E-state index is 11.9. The number of aromatic nitrogens is 1. The molecule has 6 heteroatoms. The van der Waals surface area contributed by atoms with E-state index in [1.807, 2.05) is 0 Å². The summed E-state index contributed by atoms with van der Waals surface area (Å²) in [6.45, 7) is 9.96. The minimum absolute atomic E-state index is 0.0123. The van der Waals surface area contributed by atoms with Crippen LogP contribution in [0.3, 0.4) is 0 Å². The van der Waals surface area contributed by atoms with E-state index < -0.39 is 9.84 Å². The molecule has 0 spiro atoms. The van der Waals surface area contributed by atoms with Crippen LogP contribution in [0.1, 0.15) is 50.2 Å². The molecule has 0 aliphatic heterocycles. The molecular weight excluding hydrogens is 268 g/mol. The van der Waals surface area contributed by atoms with Gasteiger partial charge in [-0.3, -0.25) is 0 Å². The van der Waals surface area contributed by atoms with Crippen molar-refractivity contribution in [3.8, 4) is 0 Å². The quantitative estimate of drug-likeness (QED) is 0.923. The normalized spacial score (nSPS) is 13.3. The molecule has 18 heavy (non-hydrogen) atoms. The van der Waals surface area contributed by atoms with E-state index in [0.29, 0.717) is 11.6 Å². The standard InChI is InChI=1S/C12H22N2O2S2/c1-8(2)18(15,16)7-10-14-11(12(3,4)5)9(6-13)17-10/h8H,6-7,13H2,1-5H3. The Labute approximate surface area is 114 Å². The molecule has 1 rings (SSSR count). The zero-order chi connectivity index (χ0) is 14.1. The number of nitrogens with zero attached hydrogens (tertiary/aromatic N) is 1. The van der Waals surface area contributed by atoms with Gasteiger partial charge in [-0.05, 0) is 13.8 Å². The van der Waals surface area contributed by atoms with Crippen LogP contribution in [0.2, 0.25) is 0 Å². The van der Waals surface area contributed by atoms with Gasteiger partial charge in [0.2, 0.25) is 0 Å². The van der Waals surface area contributed by atoms with Crippen LogP contribution >= 0.6 is 11.3 Å². The number of hydrogen-bond acceptors (Lipinski definition) is 5. The summed E-state index contributed by atoms with van der Waals surface area (Å²) in [7, 11) is -3.10. The molecule has 0 unspecified atom stereocenters. The van der Waals surface area contributed by atoms with E-state index in [4.69, 9.17) is 5.73 Å². The van der Waals surface area contributed by atoms with Crippen molar-refractivity contribution in [1.29, 1.82) is 0 Å². The van der Waals surface area contributed by atoms with E-state index >= 15 is 0 Å². The molecule has 1 aromatic rings. The van der Waals surface area contributed by atoms with Crippen LogP contribution in [0.4, 0.5) is 0 Å². The lowest BCUT2D eigenvalue weighted by Crippen LogP contribution is -2.17. The monoisotopic (exact) mass is 290 g/mol. The smallest absolute Gasteiger partial charge is 0.159 e. The van der Waals surface area contributed by atoms with Crippen molar-refractivity contribution in [2.75, 3.05) is 0 Å². The summed E-state index contributed by atoms with van der Waals surface area (Å²) in [6.07, 6.45) is 0. The molecule has 0 bridgehead atoms. The van der Waals surface area contributed by atoms with Crippen LogP contribution < -0.4 is 5.73 Å². The summed E-state index contributed by atoms with van der Waals surface area (Å²) in [5.74, 6) is 0.0123. The summed E-state index contributed by atoms with van der Waals surface area (Å²) in [5.41, 5.74) is 6.52. The van der Waals surface area contributed by atoms with E-state index in [2.05, 4.69) is 25.8 Å². The topological polar surface area (TPSA) is 73.0 Å². The number of thiazole rings is 1. The highest BCUT2D eigenvalue weighted by atomic mass is 32.2. The molecule has 0 saturated carbocycles. The maximum atomic E-state index is 11.9. The Balaban J connectivity index is 3.11. The first-order valence-electron chi connectivity index (χ1n) is 5.98. The van der Waals surface area contributed by atoms with Crippen molar-refractivity contribution in [2.24, 2.45) is 5.73 Å². The maximum Gasteiger partial charge on any atom is 0.159 e. The molecule has 1 aromatic heterocycles. The molecule has 1 heterocycles. The number of nitrogens with two attached hydrogens (primary N) is 1. The Bertz CT molecular complexity index is 511. The molecule has 4 nitrogen and oxygen atoms in total. The fraction of sp³-hybridized carbons (Fsp3) is 0.750. The van der Waals surface area contributed by atoms with E-state index in [9.17, 15) is 8.42 Å². The van der Waals surface area contributed by atoms with Crippen LogP contribution in [0, 0.1) is 0 Å². The third-order valence-electron chi connectivity index (χ3n) is 2.68. The fourth-order valence-electron chi connectivity index (χ4n) is 1.53. The molecular formula is C12H22N2O2S2. The zero-order valence-electron chi connectivity index (χ0n) is 11.6. The van der Waals surface area contributed by atoms with E-state index in [0.717, 1.165) is 10.6 Å². The molecule has 0 atom stereocenters. The predicted molar refractivity (Wildman–Crippen MR) is 76.5 cm³/mol. The highest BCUT2D eigenvalue weighted by molar-refractivity contribution is 7.91. The van der Waals surface area contributed by atoms with E-state index in [-0.39, 0.29) is 16.4 Å². The fourth-order valence-corrected chi connectivity index (χ4v) is 3.95. The van der Waals surface area contributed by atoms with Gasteiger partial charge in [0.05, 0.1) is 10.9 Å². The van der Waals surface area contributed by atoms with Crippen LogP contribution in [0.15, 0.2) is 0 Å². The van der Waals surface area contributed by atoms with Crippen molar-refractivity contribution in [1.82, 2.24) is 4.98 Å². The van der Waals surface area contributed by atoms with Crippen LogP contribution in [0.25, 0.3) is 0 Å². The summed E-state index contributed by atoms with van der Waals surface area (Å²) in [5, 5.41) is 0.273. The summed E-state index contributed by atoms with van der Waals surface area (Å²) < 4.78 is 23.8. The molecule has 0 aliphatic carbocycles. The molecule has 0 aliphatic rings. The second-order valence-corrected chi connectivity index (χ2v) is 9.41. The Kier molecular flexibility index (Phi) is 4.56. The van der Waals surface area contributed by atoms with Crippen molar-refractivity contribution >= 4 is 21.2 Å². The van der Waals surface area contributed by atoms with Gasteiger partial charge in [-0.2, -0.15) is 0 Å². The average Bonchev–Trinajstić information content (AvgIpc) is 2.59. The lowest BCUT2D eigenvalue weighted by atomic mass is 9.91. The highest BCUT2D eigenvalue weighted by Gasteiger charge is 2.25. The Morgan fingerprint density at radius 1 is 1.33 bits per heavy atom. The van der Waals surface area contributed by atoms with E-state index in [1.165, 1.54) is 11.3 Å². The third kappa shape index (κ3) is 3.52. The Morgan fingerprint density at radius 2 is 1.89 bits per heavy atom. The number of sulfone groups is 1. The first-order valence-corrected chi connectivity index (χ1v) is 8.52. The molecule has 0 aromatic carbocycles. The molecule has 0 radical (unpaired) electrons. The van der Waals surface area contributed by atoms with Crippen LogP contribution in [0.5, 0.6) is 0 Å². The second kappa shape index (κ2) is 5.27. The first kappa shape index (κ1) is 15.6. The van der Waals surface area contributed by atoms with Gasteiger partial charge < -0.3 is 5.73 Å². The van der Waals surface area contributed by atoms with Gasteiger partial charge in [0, 0.05) is 16.8 Å². The summed E-state index contributed by atoms with van der Waals surface area (Å²) >= 11 is 1.42. The largest absolute Gasteiger partial charge is 0.326 e. The van der Waals surface area contributed by atoms with Crippen molar-refractivity contribution in [2.45, 2.75) is 57.6 Å². The van der Waals surface area contributed by atoms with E-state index in [1.54, 1.807) is 13.8 Å². The lowest BCUT2D eigenvalue weighted by molar-refractivity contribution is 0.563. The van der Waals surface area contributed by atoms with Gasteiger partial charge >= 0.3 is 0 Å². The van der Waals surface area contributed by atoms with Gasteiger partial charge in [-0.15, -0.1) is 11.3 Å². The lowest BCUT2D eigenvalue weighted by Gasteiger charge is -2.16. The summed E-state index contributed by atoms with van der Waals surface area (Å²) in [4.78, 5) is 5.46.